The largest absolute Gasteiger partial charge is 0.508 e. The van der Waals surface area contributed by atoms with Gasteiger partial charge in [-0.25, -0.2) is 0 Å². The van der Waals surface area contributed by atoms with Crippen LogP contribution in [-0.2, 0) is 14.3 Å². The maximum atomic E-state index is 11.7. The number of hydrogen-bond acceptors (Lipinski definition) is 5. The lowest BCUT2D eigenvalue weighted by Gasteiger charge is -2.22. The summed E-state index contributed by atoms with van der Waals surface area (Å²) in [6, 6.07) is 4.29. The second kappa shape index (κ2) is 4.45. The molecule has 1 aliphatic heterocycles. The molecule has 2 rings (SSSR count). The molecule has 0 spiro atoms. The lowest BCUT2D eigenvalue weighted by molar-refractivity contribution is -0.149. The first-order valence-electron chi connectivity index (χ1n) is 5.32. The Morgan fingerprint density at radius 2 is 2.35 bits per heavy atom. The standard InChI is InChI=1S/C12H12O5/c1-2-16-12(15)9-6-11(14)17-10-4-3-7(13)5-8(9)10/h3-5,9,13H,2,6H2,1H3. The van der Waals surface area contributed by atoms with Gasteiger partial charge in [0.25, 0.3) is 0 Å². The van der Waals surface area contributed by atoms with E-state index in [4.69, 9.17) is 9.47 Å². The lowest BCUT2D eigenvalue weighted by atomic mass is 9.92. The van der Waals surface area contributed by atoms with Gasteiger partial charge in [-0.05, 0) is 25.1 Å². The number of ether oxygens (including phenoxy) is 2. The molecule has 5 nitrogen and oxygen atoms in total. The van der Waals surface area contributed by atoms with Gasteiger partial charge in [0.05, 0.1) is 18.9 Å². The number of phenolic OH excluding ortho intramolecular Hbond substituents is 1. The van der Waals surface area contributed by atoms with Crippen molar-refractivity contribution in [2.24, 2.45) is 0 Å². The molecule has 1 atom stereocenters. The van der Waals surface area contributed by atoms with Gasteiger partial charge < -0.3 is 14.6 Å². The zero-order chi connectivity index (χ0) is 12.4. The zero-order valence-corrected chi connectivity index (χ0v) is 9.30. The summed E-state index contributed by atoms with van der Waals surface area (Å²) in [5, 5.41) is 9.39. The molecule has 1 unspecified atom stereocenters. The molecule has 1 aliphatic rings. The average Bonchev–Trinajstić information content (AvgIpc) is 2.29. The van der Waals surface area contributed by atoms with Crippen LogP contribution in [0.2, 0.25) is 0 Å². The highest BCUT2D eigenvalue weighted by atomic mass is 16.5. The van der Waals surface area contributed by atoms with Crippen LogP contribution in [0.5, 0.6) is 11.5 Å². The second-order valence-electron chi connectivity index (χ2n) is 3.70. The molecule has 1 heterocycles. The van der Waals surface area contributed by atoms with E-state index in [1.165, 1.54) is 18.2 Å². The minimum Gasteiger partial charge on any atom is -0.508 e. The first kappa shape index (κ1) is 11.4. The van der Waals surface area contributed by atoms with Crippen molar-refractivity contribution in [2.45, 2.75) is 19.3 Å². The molecule has 5 heteroatoms. The molecular formula is C12H12O5. The fourth-order valence-electron chi connectivity index (χ4n) is 1.80. The molecule has 0 amide bonds. The number of carbonyl (C=O) groups is 2. The minimum absolute atomic E-state index is 0.0241. The molecule has 17 heavy (non-hydrogen) atoms. The SMILES string of the molecule is CCOC(=O)C1CC(=O)Oc2ccc(O)cc21. The van der Waals surface area contributed by atoms with Gasteiger partial charge in [-0.1, -0.05) is 0 Å². The maximum Gasteiger partial charge on any atom is 0.314 e. The zero-order valence-electron chi connectivity index (χ0n) is 9.30. The minimum atomic E-state index is -0.696. The lowest BCUT2D eigenvalue weighted by Crippen LogP contribution is -2.26. The summed E-state index contributed by atoms with van der Waals surface area (Å²) in [4.78, 5) is 23.0. The number of phenols is 1. The molecule has 1 N–H and O–H groups in total. The van der Waals surface area contributed by atoms with Crippen LogP contribution in [0.25, 0.3) is 0 Å². The van der Waals surface area contributed by atoms with Gasteiger partial charge in [0.2, 0.25) is 0 Å². The van der Waals surface area contributed by atoms with Crippen molar-refractivity contribution in [3.63, 3.8) is 0 Å². The van der Waals surface area contributed by atoms with Gasteiger partial charge in [0.15, 0.2) is 0 Å². The average molecular weight is 236 g/mol. The number of esters is 2. The Bertz CT molecular complexity index is 466. The summed E-state index contributed by atoms with van der Waals surface area (Å²) in [6.45, 7) is 1.95. The van der Waals surface area contributed by atoms with Crippen molar-refractivity contribution in [3.05, 3.63) is 23.8 Å². The number of carbonyl (C=O) groups excluding carboxylic acids is 2. The Morgan fingerprint density at radius 1 is 1.59 bits per heavy atom. The van der Waals surface area contributed by atoms with Crippen molar-refractivity contribution in [3.8, 4) is 11.5 Å². The van der Waals surface area contributed by atoms with E-state index in [0.29, 0.717) is 11.3 Å². The monoisotopic (exact) mass is 236 g/mol. The Kier molecular flexibility index (Phi) is 2.99. The highest BCUT2D eigenvalue weighted by Gasteiger charge is 2.33. The molecule has 0 radical (unpaired) electrons. The highest BCUT2D eigenvalue weighted by Crippen LogP contribution is 2.37. The first-order valence-corrected chi connectivity index (χ1v) is 5.32. The van der Waals surface area contributed by atoms with E-state index in [1.807, 2.05) is 0 Å². The van der Waals surface area contributed by atoms with Gasteiger partial charge in [0, 0.05) is 5.56 Å². The summed E-state index contributed by atoms with van der Waals surface area (Å²) in [7, 11) is 0. The fraction of sp³-hybridized carbons (Fsp3) is 0.333. The van der Waals surface area contributed by atoms with Crippen molar-refractivity contribution in [1.29, 1.82) is 0 Å². The third-order valence-electron chi connectivity index (χ3n) is 2.53. The predicted octanol–water partition coefficient (Wildman–Crippen LogP) is 1.35. The van der Waals surface area contributed by atoms with E-state index in [-0.39, 0.29) is 18.8 Å². The quantitative estimate of drug-likeness (QED) is 0.619. The molecule has 1 aromatic carbocycles. The Balaban J connectivity index is 2.39. The summed E-state index contributed by atoms with van der Waals surface area (Å²) in [5.41, 5.74) is 0.489. The number of aromatic hydroxyl groups is 1. The normalized spacial score (nSPS) is 18.2. The Labute approximate surface area is 98.0 Å². The first-order chi connectivity index (χ1) is 8.11. The second-order valence-corrected chi connectivity index (χ2v) is 3.70. The third kappa shape index (κ3) is 2.22. The molecule has 1 aromatic rings. The van der Waals surface area contributed by atoms with Crippen LogP contribution in [0.4, 0.5) is 0 Å². The van der Waals surface area contributed by atoms with E-state index in [1.54, 1.807) is 6.92 Å². The van der Waals surface area contributed by atoms with Gasteiger partial charge in [-0.3, -0.25) is 9.59 Å². The van der Waals surface area contributed by atoms with Crippen LogP contribution >= 0.6 is 0 Å². The van der Waals surface area contributed by atoms with E-state index in [0.717, 1.165) is 0 Å². The van der Waals surface area contributed by atoms with Gasteiger partial charge >= 0.3 is 11.9 Å². The third-order valence-corrected chi connectivity index (χ3v) is 2.53. The molecule has 0 fully saturated rings. The molecule has 0 saturated heterocycles. The summed E-state index contributed by atoms with van der Waals surface area (Å²) in [6.07, 6.45) is -0.0602. The number of fused-ring (bicyclic) bond motifs is 1. The summed E-state index contributed by atoms with van der Waals surface area (Å²) >= 11 is 0. The van der Waals surface area contributed by atoms with Crippen molar-refractivity contribution in [2.75, 3.05) is 6.61 Å². The van der Waals surface area contributed by atoms with Gasteiger partial charge in [-0.2, -0.15) is 0 Å². The topological polar surface area (TPSA) is 72.8 Å². The van der Waals surface area contributed by atoms with Crippen LogP contribution in [0.3, 0.4) is 0 Å². The number of rotatable bonds is 2. The summed E-state index contributed by atoms with van der Waals surface area (Å²) < 4.78 is 9.89. The molecule has 90 valence electrons. The number of hydrogen-bond donors (Lipinski definition) is 1. The van der Waals surface area contributed by atoms with Crippen LogP contribution in [0.1, 0.15) is 24.8 Å². The van der Waals surface area contributed by atoms with Crippen molar-refractivity contribution in [1.82, 2.24) is 0 Å². The Hall–Kier alpha value is -2.04. The van der Waals surface area contributed by atoms with Crippen LogP contribution in [0.15, 0.2) is 18.2 Å². The number of benzene rings is 1. The van der Waals surface area contributed by atoms with E-state index < -0.39 is 17.9 Å². The van der Waals surface area contributed by atoms with Gasteiger partial charge in [0.1, 0.15) is 11.5 Å². The molecule has 0 saturated carbocycles. The van der Waals surface area contributed by atoms with E-state index in [9.17, 15) is 14.7 Å². The van der Waals surface area contributed by atoms with Crippen molar-refractivity contribution >= 4 is 11.9 Å². The molecule has 0 bridgehead atoms. The smallest absolute Gasteiger partial charge is 0.314 e. The van der Waals surface area contributed by atoms with Crippen LogP contribution < -0.4 is 4.74 Å². The summed E-state index contributed by atoms with van der Waals surface area (Å²) in [5.74, 6) is -1.32. The van der Waals surface area contributed by atoms with Crippen LogP contribution in [0, 0.1) is 0 Å². The van der Waals surface area contributed by atoms with E-state index in [2.05, 4.69) is 0 Å². The molecular weight excluding hydrogens is 224 g/mol. The molecule has 0 aromatic heterocycles. The maximum absolute atomic E-state index is 11.7. The van der Waals surface area contributed by atoms with E-state index >= 15 is 0 Å². The Morgan fingerprint density at radius 3 is 3.06 bits per heavy atom. The highest BCUT2D eigenvalue weighted by molar-refractivity contribution is 5.88. The molecule has 0 aliphatic carbocycles. The van der Waals surface area contributed by atoms with Crippen LogP contribution in [-0.4, -0.2) is 23.7 Å². The van der Waals surface area contributed by atoms with Gasteiger partial charge in [-0.15, -0.1) is 0 Å². The fourth-order valence-corrected chi connectivity index (χ4v) is 1.80. The van der Waals surface area contributed by atoms with Crippen molar-refractivity contribution < 1.29 is 24.2 Å². The predicted molar refractivity (Wildman–Crippen MR) is 57.7 cm³/mol.